The zero-order chi connectivity index (χ0) is 29.2. The van der Waals surface area contributed by atoms with Gasteiger partial charge in [0.25, 0.3) is 0 Å². The van der Waals surface area contributed by atoms with Crippen LogP contribution in [0.15, 0.2) is 23.8 Å². The molecule has 0 unspecified atom stereocenters. The third kappa shape index (κ3) is 4.41. The molecule has 0 aromatic carbocycles. The average molecular weight is 564 g/mol. The lowest BCUT2D eigenvalue weighted by atomic mass is 9.46. The van der Waals surface area contributed by atoms with Crippen molar-refractivity contribution in [2.45, 2.75) is 95.2 Å². The Bertz CT molecular complexity index is 1120. The highest BCUT2D eigenvalue weighted by Gasteiger charge is 2.68. The number of carbonyl (C=O) groups excluding carboxylic acids is 3. The maximum atomic E-state index is 13.7. The standard InChI is InChI=1S/C29H41NO10/c1-14(32)30-23-25(37)24(36)20(12-31)40-26(23)39-13-21(35)29(38)9-7-18-17-5-4-15-10-16(33)6-8-27(15,2)22(17)19(34)11-28(18,29)3/h6,8,10,17-20,22-26,31,34,36-38H,4-5,7,9,11-13H2,1-3H3,(H,30,32)/t17-,18-,19-,20+,22+,23+,24+,25+,26+,27-,28-,29-/m0/s1. The van der Waals surface area contributed by atoms with Gasteiger partial charge in [-0.1, -0.05) is 25.5 Å². The van der Waals surface area contributed by atoms with E-state index in [1.807, 2.05) is 13.0 Å². The van der Waals surface area contributed by atoms with Gasteiger partial charge >= 0.3 is 0 Å². The third-order valence-electron chi connectivity index (χ3n) is 10.7. The molecule has 1 saturated heterocycles. The minimum atomic E-state index is -1.79. The number of nitrogens with one attached hydrogen (secondary N) is 1. The van der Waals surface area contributed by atoms with E-state index in [0.717, 1.165) is 12.0 Å². The van der Waals surface area contributed by atoms with Crippen molar-refractivity contribution in [2.24, 2.45) is 28.6 Å². The van der Waals surface area contributed by atoms with Crippen molar-refractivity contribution < 1.29 is 49.4 Å². The quantitative estimate of drug-likeness (QED) is 0.247. The summed E-state index contributed by atoms with van der Waals surface area (Å²) in [5.41, 5.74) is -2.15. The van der Waals surface area contributed by atoms with Crippen LogP contribution in [0.1, 0.15) is 52.9 Å². The lowest BCUT2D eigenvalue weighted by Crippen LogP contribution is -2.65. The molecule has 222 valence electrons. The lowest BCUT2D eigenvalue weighted by molar-refractivity contribution is -0.270. The molecule has 0 aromatic heterocycles. The summed E-state index contributed by atoms with van der Waals surface area (Å²) in [4.78, 5) is 37.4. The minimum Gasteiger partial charge on any atom is -0.394 e. The first-order chi connectivity index (χ1) is 18.8. The van der Waals surface area contributed by atoms with Gasteiger partial charge in [-0.05, 0) is 56.1 Å². The van der Waals surface area contributed by atoms with E-state index < -0.39 is 78.1 Å². The van der Waals surface area contributed by atoms with E-state index >= 15 is 0 Å². The number of hydrogen-bond acceptors (Lipinski definition) is 10. The molecule has 40 heavy (non-hydrogen) atoms. The number of ketones is 2. The molecule has 1 heterocycles. The van der Waals surface area contributed by atoms with Crippen LogP contribution in [0.3, 0.4) is 0 Å². The molecule has 3 saturated carbocycles. The Hall–Kier alpha value is -1.99. The smallest absolute Gasteiger partial charge is 0.217 e. The SMILES string of the molecule is CC(=O)N[C@H]1[C@H](OCC(=O)[C@@]2(O)CC[C@H]3[C@@H]4CCC5=CC(=O)C=C[C@]5(C)[C@H]4[C@@H](O)C[C@@]32C)O[C@H](CO)[C@@H](O)[C@@H]1O. The fraction of sp³-hybridized carbons (Fsp3) is 0.759. The minimum absolute atomic E-state index is 0.0342. The van der Waals surface area contributed by atoms with E-state index in [4.69, 9.17) is 9.47 Å². The molecule has 1 amide bonds. The van der Waals surface area contributed by atoms with E-state index in [9.17, 15) is 39.9 Å². The van der Waals surface area contributed by atoms with Gasteiger partial charge in [0.2, 0.25) is 5.91 Å². The van der Waals surface area contributed by atoms with E-state index in [2.05, 4.69) is 12.2 Å². The van der Waals surface area contributed by atoms with Gasteiger partial charge < -0.3 is 40.3 Å². The lowest BCUT2D eigenvalue weighted by Gasteiger charge is -2.59. The second-order valence-corrected chi connectivity index (χ2v) is 12.8. The monoisotopic (exact) mass is 563 g/mol. The molecule has 12 atom stereocenters. The predicted octanol–water partition coefficient (Wildman–Crippen LogP) is -0.474. The van der Waals surface area contributed by atoms with Crippen LogP contribution < -0.4 is 5.32 Å². The number of fused-ring (bicyclic) bond motifs is 5. The number of rotatable bonds is 6. The number of hydrogen-bond donors (Lipinski definition) is 6. The second-order valence-electron chi connectivity index (χ2n) is 12.8. The fourth-order valence-corrected chi connectivity index (χ4v) is 8.68. The molecular formula is C29H41NO10. The summed E-state index contributed by atoms with van der Waals surface area (Å²) in [6.07, 6.45) is 1.26. The van der Waals surface area contributed by atoms with Gasteiger partial charge in [0, 0.05) is 23.7 Å². The Morgan fingerprint density at radius 3 is 2.58 bits per heavy atom. The Kier molecular flexibility index (Phi) is 7.65. The molecule has 11 nitrogen and oxygen atoms in total. The van der Waals surface area contributed by atoms with Crippen LogP contribution in [0.25, 0.3) is 0 Å². The number of Topliss-reactive ketones (excluding diaryl/α,β-unsaturated/α-hetero) is 1. The number of allylic oxidation sites excluding steroid dienone is 4. The summed E-state index contributed by atoms with van der Waals surface area (Å²) in [7, 11) is 0. The van der Waals surface area contributed by atoms with Crippen LogP contribution in [0.5, 0.6) is 0 Å². The van der Waals surface area contributed by atoms with Gasteiger partial charge in [-0.25, -0.2) is 0 Å². The van der Waals surface area contributed by atoms with Crippen molar-refractivity contribution in [3.8, 4) is 0 Å². The van der Waals surface area contributed by atoms with Gasteiger partial charge in [-0.15, -0.1) is 0 Å². The number of aliphatic hydroxyl groups excluding tert-OH is 4. The highest BCUT2D eigenvalue weighted by molar-refractivity contribution is 6.01. The molecule has 0 bridgehead atoms. The zero-order valence-corrected chi connectivity index (χ0v) is 23.2. The summed E-state index contributed by atoms with van der Waals surface area (Å²) >= 11 is 0. The van der Waals surface area contributed by atoms with E-state index in [0.29, 0.717) is 12.8 Å². The average Bonchev–Trinajstić information content (AvgIpc) is 3.17. The third-order valence-corrected chi connectivity index (χ3v) is 10.7. The Morgan fingerprint density at radius 2 is 1.90 bits per heavy atom. The number of carbonyl (C=O) groups is 3. The number of amides is 1. The van der Waals surface area contributed by atoms with Crippen molar-refractivity contribution in [2.75, 3.05) is 13.2 Å². The largest absolute Gasteiger partial charge is 0.394 e. The fourth-order valence-electron chi connectivity index (χ4n) is 8.68. The van der Waals surface area contributed by atoms with Gasteiger partial charge in [-0.2, -0.15) is 0 Å². The zero-order valence-electron chi connectivity index (χ0n) is 23.2. The van der Waals surface area contributed by atoms with Crippen LogP contribution >= 0.6 is 0 Å². The topological polar surface area (TPSA) is 183 Å². The van der Waals surface area contributed by atoms with Gasteiger partial charge in [0.15, 0.2) is 17.9 Å². The van der Waals surface area contributed by atoms with Crippen LogP contribution in [0.4, 0.5) is 0 Å². The van der Waals surface area contributed by atoms with Gasteiger partial charge in [0.05, 0.1) is 12.7 Å². The molecule has 6 N–H and O–H groups in total. The molecule has 5 aliphatic rings. The van der Waals surface area contributed by atoms with Crippen molar-refractivity contribution in [3.05, 3.63) is 23.8 Å². The first-order valence-electron chi connectivity index (χ1n) is 14.2. The van der Waals surface area contributed by atoms with E-state index in [1.165, 1.54) is 6.92 Å². The van der Waals surface area contributed by atoms with Crippen molar-refractivity contribution in [1.82, 2.24) is 5.32 Å². The van der Waals surface area contributed by atoms with Crippen LogP contribution in [0, 0.1) is 28.6 Å². The van der Waals surface area contributed by atoms with Crippen LogP contribution in [0.2, 0.25) is 0 Å². The molecule has 4 aliphatic carbocycles. The second kappa shape index (κ2) is 10.4. The summed E-state index contributed by atoms with van der Waals surface area (Å²) in [6.45, 7) is 3.91. The molecule has 5 rings (SSSR count). The van der Waals surface area contributed by atoms with Crippen molar-refractivity contribution in [3.63, 3.8) is 0 Å². The Balaban J connectivity index is 1.34. The maximum absolute atomic E-state index is 13.7. The molecule has 0 aromatic rings. The summed E-state index contributed by atoms with van der Waals surface area (Å²) in [5, 5.41) is 56.2. The highest BCUT2D eigenvalue weighted by atomic mass is 16.7. The van der Waals surface area contributed by atoms with Crippen LogP contribution in [-0.2, 0) is 23.9 Å². The van der Waals surface area contributed by atoms with Crippen LogP contribution in [-0.4, -0.2) is 98.6 Å². The normalized spacial score (nSPS) is 48.0. The van der Waals surface area contributed by atoms with Gasteiger partial charge in [-0.3, -0.25) is 14.4 Å². The molecule has 0 radical (unpaired) electrons. The molecular weight excluding hydrogens is 522 g/mol. The number of aliphatic hydroxyl groups is 5. The predicted molar refractivity (Wildman–Crippen MR) is 139 cm³/mol. The van der Waals surface area contributed by atoms with Crippen molar-refractivity contribution >= 4 is 17.5 Å². The number of ether oxygens (including phenoxy) is 2. The Labute approximate surface area is 233 Å². The summed E-state index contributed by atoms with van der Waals surface area (Å²) in [6, 6.07) is -1.21. The molecule has 0 spiro atoms. The van der Waals surface area contributed by atoms with E-state index in [1.54, 1.807) is 12.2 Å². The maximum Gasteiger partial charge on any atom is 0.217 e. The van der Waals surface area contributed by atoms with Gasteiger partial charge in [0.1, 0.15) is 36.6 Å². The first kappa shape index (κ1) is 29.5. The van der Waals surface area contributed by atoms with Crippen molar-refractivity contribution in [1.29, 1.82) is 0 Å². The Morgan fingerprint density at radius 1 is 1.18 bits per heavy atom. The first-order valence-corrected chi connectivity index (χ1v) is 14.2. The van der Waals surface area contributed by atoms with E-state index in [-0.39, 0.29) is 36.4 Å². The molecule has 4 fully saturated rings. The molecule has 1 aliphatic heterocycles. The summed E-state index contributed by atoms with van der Waals surface area (Å²) < 4.78 is 11.3. The summed E-state index contributed by atoms with van der Waals surface area (Å²) in [5.74, 6) is -1.29. The molecule has 11 heteroatoms. The highest BCUT2D eigenvalue weighted by Crippen LogP contribution is 2.67.